The lowest BCUT2D eigenvalue weighted by atomic mass is 10.1. The number of ether oxygens (including phenoxy) is 1. The molecule has 0 saturated carbocycles. The molecule has 0 aromatic heterocycles. The summed E-state index contributed by atoms with van der Waals surface area (Å²) in [4.78, 5) is 23.1. The van der Waals surface area contributed by atoms with Gasteiger partial charge in [0, 0.05) is 19.7 Å². The van der Waals surface area contributed by atoms with E-state index in [1.54, 1.807) is 6.92 Å². The molecule has 1 atom stereocenters. The summed E-state index contributed by atoms with van der Waals surface area (Å²) in [5.74, 6) is -1.42. The van der Waals surface area contributed by atoms with Crippen LogP contribution in [0.15, 0.2) is 53.4 Å². The maximum absolute atomic E-state index is 13.0. The van der Waals surface area contributed by atoms with Crippen molar-refractivity contribution >= 4 is 27.6 Å². The van der Waals surface area contributed by atoms with Gasteiger partial charge in [-0.2, -0.15) is 4.31 Å². The second-order valence-corrected chi connectivity index (χ2v) is 8.20. The van der Waals surface area contributed by atoms with Crippen LogP contribution in [0.4, 0.5) is 10.1 Å². The monoisotopic (exact) mass is 408 g/mol. The minimum atomic E-state index is -3.92. The number of benzene rings is 2. The number of likely N-dealkylation sites (N-methyl/N-ethyl adjacent to an activating group) is 1. The minimum Gasteiger partial charge on any atom is -0.457 e. The van der Waals surface area contributed by atoms with Gasteiger partial charge >= 0.3 is 5.97 Å². The van der Waals surface area contributed by atoms with Gasteiger partial charge in [-0.05, 0) is 48.9 Å². The van der Waals surface area contributed by atoms with Crippen molar-refractivity contribution in [3.8, 4) is 0 Å². The van der Waals surface area contributed by atoms with Crippen LogP contribution in [0.1, 0.15) is 25.5 Å². The minimum absolute atomic E-state index is 0.0246. The Hall–Kier alpha value is -2.78. The molecule has 0 radical (unpaired) electrons. The SMILES string of the molecule is CC(=O)Nc1ccc(S(=O)(=O)N(C)CC(=O)O[C@H](C)c2ccc(F)cc2)cc1. The van der Waals surface area contributed by atoms with Crippen LogP contribution in [0, 0.1) is 5.82 Å². The third kappa shape index (κ3) is 5.61. The number of halogens is 1. The van der Waals surface area contributed by atoms with E-state index < -0.39 is 34.5 Å². The van der Waals surface area contributed by atoms with E-state index in [4.69, 9.17) is 4.74 Å². The smallest absolute Gasteiger partial charge is 0.321 e. The average molecular weight is 408 g/mol. The van der Waals surface area contributed by atoms with Gasteiger partial charge in [0.05, 0.1) is 4.90 Å². The first-order chi connectivity index (χ1) is 13.1. The Labute approximate surface area is 163 Å². The van der Waals surface area contributed by atoms with Crippen LogP contribution in [0.2, 0.25) is 0 Å². The normalized spacial score (nSPS) is 12.5. The van der Waals surface area contributed by atoms with Crippen LogP contribution in [0.3, 0.4) is 0 Å². The predicted octanol–water partition coefficient (Wildman–Crippen LogP) is 2.71. The molecule has 0 aliphatic rings. The van der Waals surface area contributed by atoms with Gasteiger partial charge in [-0.1, -0.05) is 12.1 Å². The van der Waals surface area contributed by atoms with Crippen molar-refractivity contribution in [3.63, 3.8) is 0 Å². The first-order valence-electron chi connectivity index (χ1n) is 8.38. The highest BCUT2D eigenvalue weighted by Crippen LogP contribution is 2.20. The lowest BCUT2D eigenvalue weighted by molar-refractivity contribution is -0.148. The molecule has 0 aliphatic heterocycles. The Morgan fingerprint density at radius 1 is 1.11 bits per heavy atom. The predicted molar refractivity (Wildman–Crippen MR) is 101 cm³/mol. The molecule has 0 aliphatic carbocycles. The fourth-order valence-electron chi connectivity index (χ4n) is 2.40. The van der Waals surface area contributed by atoms with Crippen LogP contribution in [-0.2, 0) is 24.3 Å². The number of sulfonamides is 1. The fourth-order valence-corrected chi connectivity index (χ4v) is 3.51. The molecule has 28 heavy (non-hydrogen) atoms. The number of carbonyl (C=O) groups excluding carboxylic acids is 2. The fraction of sp³-hybridized carbons (Fsp3) is 0.263. The third-order valence-electron chi connectivity index (χ3n) is 3.88. The number of esters is 1. The van der Waals surface area contributed by atoms with E-state index in [0.717, 1.165) is 4.31 Å². The summed E-state index contributed by atoms with van der Waals surface area (Å²) in [6.45, 7) is 2.47. The van der Waals surface area contributed by atoms with Gasteiger partial charge in [0.15, 0.2) is 0 Å². The molecular formula is C19H21FN2O5S. The maximum Gasteiger partial charge on any atom is 0.321 e. The average Bonchev–Trinajstić information content (AvgIpc) is 2.62. The van der Waals surface area contributed by atoms with E-state index in [1.165, 1.54) is 62.5 Å². The zero-order valence-corrected chi connectivity index (χ0v) is 16.5. The number of rotatable bonds is 7. The standard InChI is InChI=1S/C19H21FN2O5S/c1-13(15-4-6-16(20)7-5-15)27-19(24)12-22(3)28(25,26)18-10-8-17(9-11-18)21-14(2)23/h4-11,13H,12H2,1-3H3,(H,21,23)/t13-/m1/s1. The topological polar surface area (TPSA) is 92.8 Å². The summed E-state index contributed by atoms with van der Waals surface area (Å²) < 4.78 is 44.2. The molecule has 9 heteroatoms. The first-order valence-corrected chi connectivity index (χ1v) is 9.82. The highest BCUT2D eigenvalue weighted by Gasteiger charge is 2.24. The number of hydrogen-bond donors (Lipinski definition) is 1. The van der Waals surface area contributed by atoms with Crippen LogP contribution in [0.5, 0.6) is 0 Å². The summed E-state index contributed by atoms with van der Waals surface area (Å²) in [7, 11) is -2.65. The van der Waals surface area contributed by atoms with Gasteiger partial charge in [-0.25, -0.2) is 12.8 Å². The zero-order valence-electron chi connectivity index (χ0n) is 15.7. The largest absolute Gasteiger partial charge is 0.457 e. The van der Waals surface area contributed by atoms with Crippen LogP contribution >= 0.6 is 0 Å². The van der Waals surface area contributed by atoms with E-state index in [2.05, 4.69) is 5.32 Å². The molecule has 1 amide bonds. The lowest BCUT2D eigenvalue weighted by Crippen LogP contribution is -2.33. The Morgan fingerprint density at radius 3 is 2.21 bits per heavy atom. The van der Waals surface area contributed by atoms with Crippen molar-refractivity contribution in [3.05, 3.63) is 59.9 Å². The van der Waals surface area contributed by atoms with Crippen molar-refractivity contribution in [2.75, 3.05) is 18.9 Å². The van der Waals surface area contributed by atoms with E-state index in [0.29, 0.717) is 11.3 Å². The molecular weight excluding hydrogens is 387 g/mol. The highest BCUT2D eigenvalue weighted by atomic mass is 32.2. The van der Waals surface area contributed by atoms with Crippen LogP contribution in [-0.4, -0.2) is 38.2 Å². The first kappa shape index (κ1) is 21.5. The van der Waals surface area contributed by atoms with Gasteiger partial charge in [0.1, 0.15) is 18.5 Å². The summed E-state index contributed by atoms with van der Waals surface area (Å²) in [6.07, 6.45) is -0.652. The second kappa shape index (κ2) is 8.94. The van der Waals surface area contributed by atoms with Gasteiger partial charge in [0.2, 0.25) is 15.9 Å². The Morgan fingerprint density at radius 2 is 1.68 bits per heavy atom. The number of anilines is 1. The molecule has 0 heterocycles. The number of amides is 1. The van der Waals surface area contributed by atoms with Gasteiger partial charge in [-0.15, -0.1) is 0 Å². The molecule has 2 rings (SSSR count). The highest BCUT2D eigenvalue weighted by molar-refractivity contribution is 7.89. The molecule has 0 bridgehead atoms. The third-order valence-corrected chi connectivity index (χ3v) is 5.70. The van der Waals surface area contributed by atoms with Crippen LogP contribution < -0.4 is 5.32 Å². The van der Waals surface area contributed by atoms with Crippen LogP contribution in [0.25, 0.3) is 0 Å². The molecule has 0 saturated heterocycles. The van der Waals surface area contributed by atoms with E-state index >= 15 is 0 Å². The summed E-state index contributed by atoms with van der Waals surface area (Å²) in [6, 6.07) is 11.1. The zero-order chi connectivity index (χ0) is 20.9. The maximum atomic E-state index is 13.0. The number of nitrogens with zero attached hydrogens (tertiary/aromatic N) is 1. The van der Waals surface area contributed by atoms with E-state index in [-0.39, 0.29) is 10.8 Å². The van der Waals surface area contributed by atoms with Crippen molar-refractivity contribution in [1.29, 1.82) is 0 Å². The van der Waals surface area contributed by atoms with Crippen molar-refractivity contribution < 1.29 is 27.1 Å². The van der Waals surface area contributed by atoms with Crippen molar-refractivity contribution in [1.82, 2.24) is 4.31 Å². The van der Waals surface area contributed by atoms with Gasteiger partial charge in [-0.3, -0.25) is 9.59 Å². The summed E-state index contributed by atoms with van der Waals surface area (Å²) in [5.41, 5.74) is 1.05. The molecule has 150 valence electrons. The molecule has 2 aromatic rings. The molecule has 0 spiro atoms. The Kier molecular flexibility index (Phi) is 6.87. The number of nitrogens with one attached hydrogen (secondary N) is 1. The second-order valence-electron chi connectivity index (χ2n) is 6.15. The molecule has 0 unspecified atom stereocenters. The van der Waals surface area contributed by atoms with E-state index in [9.17, 15) is 22.4 Å². The Balaban J connectivity index is 2.01. The van der Waals surface area contributed by atoms with Crippen molar-refractivity contribution in [2.24, 2.45) is 0 Å². The molecule has 7 nitrogen and oxygen atoms in total. The quantitative estimate of drug-likeness (QED) is 0.711. The summed E-state index contributed by atoms with van der Waals surface area (Å²) >= 11 is 0. The number of hydrogen-bond acceptors (Lipinski definition) is 5. The summed E-state index contributed by atoms with van der Waals surface area (Å²) in [5, 5.41) is 2.54. The van der Waals surface area contributed by atoms with Crippen molar-refractivity contribution in [2.45, 2.75) is 24.8 Å². The number of carbonyl (C=O) groups is 2. The van der Waals surface area contributed by atoms with Gasteiger partial charge in [0.25, 0.3) is 0 Å². The molecule has 0 fully saturated rings. The molecule has 2 aromatic carbocycles. The van der Waals surface area contributed by atoms with E-state index in [1.807, 2.05) is 0 Å². The van der Waals surface area contributed by atoms with Gasteiger partial charge < -0.3 is 10.1 Å². The lowest BCUT2D eigenvalue weighted by Gasteiger charge is -2.19. The molecule has 1 N–H and O–H groups in total. The Bertz CT molecular complexity index is 943.